The van der Waals surface area contributed by atoms with Crippen molar-refractivity contribution in [1.29, 1.82) is 0 Å². The number of rotatable bonds is 32. The zero-order valence-corrected chi connectivity index (χ0v) is 26.9. The van der Waals surface area contributed by atoms with Gasteiger partial charge in [-0.05, 0) is 26.7 Å². The normalized spacial score (nSPS) is 13.3. The molecule has 1 nitrogen and oxygen atoms in total. The third-order valence-corrected chi connectivity index (χ3v) is 8.55. The average Bonchev–Trinajstić information content (AvgIpc) is 2.89. The van der Waals surface area contributed by atoms with E-state index in [1.807, 2.05) is 0 Å². The van der Waals surface area contributed by atoms with E-state index in [0.717, 1.165) is 0 Å². The Morgan fingerprint density at radius 3 is 0.703 bits per heavy atom. The van der Waals surface area contributed by atoms with Crippen LogP contribution in [0.3, 0.4) is 0 Å². The van der Waals surface area contributed by atoms with Crippen molar-refractivity contribution >= 4 is 0 Å². The highest BCUT2D eigenvalue weighted by atomic mass is 14.9. The van der Waals surface area contributed by atoms with Gasteiger partial charge in [-0.2, -0.15) is 0 Å². The molecule has 0 aliphatic rings. The van der Waals surface area contributed by atoms with Gasteiger partial charge in [0.05, 0.1) is 0 Å². The van der Waals surface area contributed by atoms with Crippen molar-refractivity contribution in [1.82, 2.24) is 5.32 Å². The van der Waals surface area contributed by atoms with Crippen LogP contribution in [0.25, 0.3) is 0 Å². The minimum absolute atomic E-state index is 0.693. The fourth-order valence-electron chi connectivity index (χ4n) is 5.94. The van der Waals surface area contributed by atoms with Crippen molar-refractivity contribution in [3.8, 4) is 0 Å². The summed E-state index contributed by atoms with van der Waals surface area (Å²) in [6.07, 6.45) is 43.5. The third kappa shape index (κ3) is 32.1. The summed E-state index contributed by atoms with van der Waals surface area (Å²) in [6, 6.07) is 1.39. The summed E-state index contributed by atoms with van der Waals surface area (Å²) in [7, 11) is 0. The standard InChI is InChI=1S/C36H75N/c1-5-7-9-11-13-15-17-19-21-23-25-27-29-31-33-35(3)37-36(4)34-32-30-28-26-24-22-20-18-16-14-12-10-8-6-2/h35-37H,5-34H2,1-4H3. The van der Waals surface area contributed by atoms with Gasteiger partial charge in [-0.25, -0.2) is 0 Å². The van der Waals surface area contributed by atoms with Gasteiger partial charge in [-0.15, -0.1) is 0 Å². The van der Waals surface area contributed by atoms with E-state index < -0.39 is 0 Å². The maximum atomic E-state index is 3.87. The Morgan fingerprint density at radius 2 is 0.486 bits per heavy atom. The topological polar surface area (TPSA) is 12.0 Å². The van der Waals surface area contributed by atoms with Crippen LogP contribution in [-0.4, -0.2) is 12.1 Å². The molecule has 0 spiro atoms. The molecule has 0 fully saturated rings. The van der Waals surface area contributed by atoms with E-state index in [1.54, 1.807) is 0 Å². The van der Waals surface area contributed by atoms with Crippen molar-refractivity contribution in [2.45, 2.75) is 232 Å². The molecule has 0 saturated heterocycles. The fraction of sp³-hybridized carbons (Fsp3) is 1.00. The predicted molar refractivity (Wildman–Crippen MR) is 172 cm³/mol. The Bertz CT molecular complexity index is 356. The van der Waals surface area contributed by atoms with Gasteiger partial charge in [0, 0.05) is 12.1 Å². The third-order valence-electron chi connectivity index (χ3n) is 8.55. The Labute approximate surface area is 237 Å². The Balaban J connectivity index is 3.27. The summed E-state index contributed by atoms with van der Waals surface area (Å²) in [5.41, 5.74) is 0. The van der Waals surface area contributed by atoms with E-state index >= 15 is 0 Å². The van der Waals surface area contributed by atoms with Gasteiger partial charge in [0.1, 0.15) is 0 Å². The highest BCUT2D eigenvalue weighted by molar-refractivity contribution is 4.68. The second kappa shape index (κ2) is 32.2. The highest BCUT2D eigenvalue weighted by Gasteiger charge is 2.07. The van der Waals surface area contributed by atoms with Crippen LogP contribution in [0.2, 0.25) is 0 Å². The first-order valence-corrected chi connectivity index (χ1v) is 18.0. The zero-order valence-electron chi connectivity index (χ0n) is 26.9. The Morgan fingerprint density at radius 1 is 0.297 bits per heavy atom. The number of unbranched alkanes of at least 4 members (excludes halogenated alkanes) is 26. The molecule has 0 aromatic carbocycles. The van der Waals surface area contributed by atoms with Gasteiger partial charge in [-0.1, -0.05) is 194 Å². The smallest absolute Gasteiger partial charge is 0.00412 e. The van der Waals surface area contributed by atoms with E-state index in [9.17, 15) is 0 Å². The minimum atomic E-state index is 0.693. The Kier molecular flexibility index (Phi) is 32.1. The molecule has 1 N–H and O–H groups in total. The largest absolute Gasteiger partial charge is 0.312 e. The molecule has 224 valence electrons. The van der Waals surface area contributed by atoms with Crippen LogP contribution in [0.1, 0.15) is 220 Å². The van der Waals surface area contributed by atoms with Gasteiger partial charge in [-0.3, -0.25) is 0 Å². The van der Waals surface area contributed by atoms with E-state index in [0.29, 0.717) is 12.1 Å². The molecule has 0 aromatic rings. The van der Waals surface area contributed by atoms with E-state index in [-0.39, 0.29) is 0 Å². The second-order valence-electron chi connectivity index (χ2n) is 12.7. The van der Waals surface area contributed by atoms with Crippen LogP contribution in [-0.2, 0) is 0 Å². The molecule has 0 aromatic heterocycles. The van der Waals surface area contributed by atoms with Crippen molar-refractivity contribution in [2.24, 2.45) is 0 Å². The zero-order chi connectivity index (χ0) is 27.1. The summed E-state index contributed by atoms with van der Waals surface area (Å²) in [6.45, 7) is 9.43. The quantitative estimate of drug-likeness (QED) is 0.0868. The fourth-order valence-corrected chi connectivity index (χ4v) is 5.94. The number of hydrogen-bond donors (Lipinski definition) is 1. The summed E-state index contributed by atoms with van der Waals surface area (Å²) in [5.74, 6) is 0. The molecule has 0 heterocycles. The molecule has 0 rings (SSSR count). The first kappa shape index (κ1) is 37.0. The maximum absolute atomic E-state index is 3.87. The lowest BCUT2D eigenvalue weighted by Gasteiger charge is -2.20. The molecule has 1 heteroatoms. The van der Waals surface area contributed by atoms with Gasteiger partial charge >= 0.3 is 0 Å². The van der Waals surface area contributed by atoms with Crippen LogP contribution < -0.4 is 5.32 Å². The van der Waals surface area contributed by atoms with Crippen molar-refractivity contribution in [2.75, 3.05) is 0 Å². The van der Waals surface area contributed by atoms with Crippen LogP contribution in [0.4, 0.5) is 0 Å². The van der Waals surface area contributed by atoms with Crippen molar-refractivity contribution in [3.63, 3.8) is 0 Å². The van der Waals surface area contributed by atoms with E-state index in [4.69, 9.17) is 0 Å². The van der Waals surface area contributed by atoms with Crippen LogP contribution >= 0.6 is 0 Å². The van der Waals surface area contributed by atoms with E-state index in [1.165, 1.54) is 193 Å². The molecule has 2 atom stereocenters. The summed E-state index contributed by atoms with van der Waals surface area (Å²) < 4.78 is 0. The molecule has 0 radical (unpaired) electrons. The monoisotopic (exact) mass is 522 g/mol. The van der Waals surface area contributed by atoms with Gasteiger partial charge in [0.2, 0.25) is 0 Å². The molecule has 0 saturated carbocycles. The highest BCUT2D eigenvalue weighted by Crippen LogP contribution is 2.16. The summed E-state index contributed by atoms with van der Waals surface area (Å²) >= 11 is 0. The lowest BCUT2D eigenvalue weighted by molar-refractivity contribution is 0.402. The first-order valence-electron chi connectivity index (χ1n) is 18.0. The molecule has 0 amide bonds. The van der Waals surface area contributed by atoms with Crippen LogP contribution in [0.15, 0.2) is 0 Å². The molecular weight excluding hydrogens is 446 g/mol. The molecule has 37 heavy (non-hydrogen) atoms. The van der Waals surface area contributed by atoms with Crippen LogP contribution in [0.5, 0.6) is 0 Å². The van der Waals surface area contributed by atoms with Gasteiger partial charge in [0.15, 0.2) is 0 Å². The lowest BCUT2D eigenvalue weighted by atomic mass is 10.0. The van der Waals surface area contributed by atoms with E-state index in [2.05, 4.69) is 33.0 Å². The number of hydrogen-bond acceptors (Lipinski definition) is 1. The molecule has 0 aliphatic carbocycles. The van der Waals surface area contributed by atoms with Crippen molar-refractivity contribution < 1.29 is 0 Å². The lowest BCUT2D eigenvalue weighted by Crippen LogP contribution is -2.34. The molecule has 2 unspecified atom stereocenters. The van der Waals surface area contributed by atoms with Crippen molar-refractivity contribution in [3.05, 3.63) is 0 Å². The van der Waals surface area contributed by atoms with Gasteiger partial charge < -0.3 is 5.32 Å². The van der Waals surface area contributed by atoms with Gasteiger partial charge in [0.25, 0.3) is 0 Å². The average molecular weight is 522 g/mol. The molecule has 0 bridgehead atoms. The Hall–Kier alpha value is -0.0400. The first-order chi connectivity index (χ1) is 18.2. The molecule has 0 aliphatic heterocycles. The maximum Gasteiger partial charge on any atom is 0.00412 e. The summed E-state index contributed by atoms with van der Waals surface area (Å²) in [4.78, 5) is 0. The second-order valence-corrected chi connectivity index (χ2v) is 12.7. The SMILES string of the molecule is CCCCCCCCCCCCCCCCC(C)NC(C)CCCCCCCCCCCCCCCC. The molecular formula is C36H75N. The van der Waals surface area contributed by atoms with Crippen LogP contribution in [0, 0.1) is 0 Å². The number of nitrogens with one attached hydrogen (secondary N) is 1. The summed E-state index contributed by atoms with van der Waals surface area (Å²) in [5, 5.41) is 3.87. The predicted octanol–water partition coefficient (Wildman–Crippen LogP) is 13.1. The minimum Gasteiger partial charge on any atom is -0.312 e.